The molecule has 1 saturated carbocycles. The standard InChI is InChI=1S/C24H21Cl2NO4S2/c1-30-20-11-14(7-10-19(20)31-23(29)17-9-8-15(25)13-18(17)26)12-21-22(28)27(24(32)33-21)16-5-3-2-4-6-16/h7-13,16H,2-6H2,1H3/b21-12-. The lowest BCUT2D eigenvalue weighted by Crippen LogP contribution is -2.39. The van der Waals surface area contributed by atoms with E-state index in [-0.39, 0.29) is 28.3 Å². The fraction of sp³-hybridized carbons (Fsp3) is 0.292. The number of hydrogen-bond acceptors (Lipinski definition) is 6. The molecule has 2 aromatic rings. The maximum absolute atomic E-state index is 13.0. The first-order chi connectivity index (χ1) is 15.9. The fourth-order valence-corrected chi connectivity index (χ4v) is 5.84. The van der Waals surface area contributed by atoms with Gasteiger partial charge in [-0.25, -0.2) is 4.79 Å². The van der Waals surface area contributed by atoms with Crippen molar-refractivity contribution in [2.45, 2.75) is 38.1 Å². The molecular formula is C24H21Cl2NO4S2. The number of esters is 1. The third-order valence-electron chi connectivity index (χ3n) is 5.60. The van der Waals surface area contributed by atoms with Crippen molar-refractivity contribution in [3.63, 3.8) is 0 Å². The zero-order valence-electron chi connectivity index (χ0n) is 17.8. The summed E-state index contributed by atoms with van der Waals surface area (Å²) in [7, 11) is 1.48. The first-order valence-corrected chi connectivity index (χ1v) is 12.5. The van der Waals surface area contributed by atoms with E-state index in [4.69, 9.17) is 44.9 Å². The van der Waals surface area contributed by atoms with Gasteiger partial charge in [0.25, 0.3) is 5.91 Å². The largest absolute Gasteiger partial charge is 0.493 e. The summed E-state index contributed by atoms with van der Waals surface area (Å²) in [6.45, 7) is 0. The van der Waals surface area contributed by atoms with Crippen LogP contribution in [-0.2, 0) is 4.79 Å². The lowest BCUT2D eigenvalue weighted by atomic mass is 9.94. The maximum Gasteiger partial charge on any atom is 0.345 e. The van der Waals surface area contributed by atoms with Crippen molar-refractivity contribution in [1.82, 2.24) is 4.90 Å². The summed E-state index contributed by atoms with van der Waals surface area (Å²) < 4.78 is 11.5. The second-order valence-corrected chi connectivity index (χ2v) is 10.3. The topological polar surface area (TPSA) is 55.8 Å². The van der Waals surface area contributed by atoms with Crippen LogP contribution in [0, 0.1) is 0 Å². The molecule has 2 aromatic carbocycles. The highest BCUT2D eigenvalue weighted by Crippen LogP contribution is 2.38. The Hall–Kier alpha value is -2.06. The Balaban J connectivity index is 1.53. The Labute approximate surface area is 212 Å². The molecule has 0 radical (unpaired) electrons. The summed E-state index contributed by atoms with van der Waals surface area (Å²) in [5.41, 5.74) is 0.930. The van der Waals surface area contributed by atoms with Gasteiger partial charge in [0.05, 0.1) is 22.6 Å². The minimum atomic E-state index is -0.629. The van der Waals surface area contributed by atoms with Crippen molar-refractivity contribution in [1.29, 1.82) is 0 Å². The predicted octanol–water partition coefficient (Wildman–Crippen LogP) is 6.76. The molecule has 2 aliphatic rings. The summed E-state index contributed by atoms with van der Waals surface area (Å²) in [4.78, 5) is 27.9. The minimum absolute atomic E-state index is 0.0521. The van der Waals surface area contributed by atoms with Crippen LogP contribution in [0.2, 0.25) is 10.0 Å². The zero-order chi connectivity index (χ0) is 23.5. The molecule has 5 nitrogen and oxygen atoms in total. The van der Waals surface area contributed by atoms with Crippen molar-refractivity contribution in [2.75, 3.05) is 7.11 Å². The average Bonchev–Trinajstić information content (AvgIpc) is 3.07. The Kier molecular flexibility index (Phi) is 7.64. The van der Waals surface area contributed by atoms with Gasteiger partial charge in [0.2, 0.25) is 0 Å². The van der Waals surface area contributed by atoms with Gasteiger partial charge in [-0.3, -0.25) is 9.69 Å². The highest BCUT2D eigenvalue weighted by molar-refractivity contribution is 8.26. The second kappa shape index (κ2) is 10.5. The second-order valence-electron chi connectivity index (χ2n) is 7.77. The monoisotopic (exact) mass is 521 g/mol. The van der Waals surface area contributed by atoms with E-state index in [0.29, 0.717) is 20.0 Å². The Bertz CT molecular complexity index is 1150. The molecule has 9 heteroatoms. The lowest BCUT2D eigenvalue weighted by molar-refractivity contribution is -0.124. The molecule has 2 fully saturated rings. The number of methoxy groups -OCH3 is 1. The lowest BCUT2D eigenvalue weighted by Gasteiger charge is -2.29. The summed E-state index contributed by atoms with van der Waals surface area (Å²) in [5.74, 6) is -0.0924. The molecule has 0 atom stereocenters. The van der Waals surface area contributed by atoms with E-state index in [1.54, 1.807) is 35.2 Å². The third-order valence-corrected chi connectivity index (χ3v) is 7.48. The Morgan fingerprint density at radius 1 is 1.12 bits per heavy atom. The van der Waals surface area contributed by atoms with Gasteiger partial charge in [0.15, 0.2) is 11.5 Å². The number of nitrogens with zero attached hydrogens (tertiary/aromatic N) is 1. The van der Waals surface area contributed by atoms with E-state index < -0.39 is 5.97 Å². The maximum atomic E-state index is 13.0. The summed E-state index contributed by atoms with van der Waals surface area (Å²) >= 11 is 18.8. The highest BCUT2D eigenvalue weighted by Gasteiger charge is 2.37. The molecule has 1 aliphatic heterocycles. The zero-order valence-corrected chi connectivity index (χ0v) is 21.0. The van der Waals surface area contributed by atoms with Gasteiger partial charge in [0.1, 0.15) is 4.32 Å². The molecule has 0 bridgehead atoms. The number of thiocarbonyl (C=S) groups is 1. The molecule has 0 unspecified atom stereocenters. The molecule has 1 aliphatic carbocycles. The minimum Gasteiger partial charge on any atom is -0.493 e. The van der Waals surface area contributed by atoms with Crippen molar-refractivity contribution in [2.24, 2.45) is 0 Å². The van der Waals surface area contributed by atoms with Crippen LogP contribution < -0.4 is 9.47 Å². The number of ether oxygens (including phenoxy) is 2. The Morgan fingerprint density at radius 3 is 2.58 bits per heavy atom. The van der Waals surface area contributed by atoms with Crippen molar-refractivity contribution < 1.29 is 19.1 Å². The number of thioether (sulfide) groups is 1. The molecule has 0 aromatic heterocycles. The summed E-state index contributed by atoms with van der Waals surface area (Å²) in [6.07, 6.45) is 7.23. The number of benzene rings is 2. The predicted molar refractivity (Wildman–Crippen MR) is 136 cm³/mol. The first-order valence-electron chi connectivity index (χ1n) is 10.5. The smallest absolute Gasteiger partial charge is 0.345 e. The van der Waals surface area contributed by atoms with Crippen LogP contribution in [0.15, 0.2) is 41.3 Å². The average molecular weight is 522 g/mol. The Morgan fingerprint density at radius 2 is 1.88 bits per heavy atom. The molecule has 1 heterocycles. The van der Waals surface area contributed by atoms with Gasteiger partial charge in [-0.05, 0) is 54.8 Å². The van der Waals surface area contributed by atoms with E-state index in [0.717, 1.165) is 31.2 Å². The summed E-state index contributed by atoms with van der Waals surface area (Å²) in [5, 5.41) is 0.621. The van der Waals surface area contributed by atoms with Crippen molar-refractivity contribution in [3.8, 4) is 11.5 Å². The molecule has 0 N–H and O–H groups in total. The number of carbonyl (C=O) groups excluding carboxylic acids is 2. The molecule has 1 saturated heterocycles. The SMILES string of the molecule is COc1cc(/C=C2\SC(=S)N(C3CCCCC3)C2=O)ccc1OC(=O)c1ccc(Cl)cc1Cl. The van der Waals surface area contributed by atoms with Gasteiger partial charge >= 0.3 is 5.97 Å². The molecule has 172 valence electrons. The molecule has 33 heavy (non-hydrogen) atoms. The molecule has 4 rings (SSSR count). The van der Waals surface area contributed by atoms with Gasteiger partial charge in [-0.2, -0.15) is 0 Å². The van der Waals surface area contributed by atoms with Crippen molar-refractivity contribution in [3.05, 3.63) is 62.5 Å². The van der Waals surface area contributed by atoms with E-state index >= 15 is 0 Å². The van der Waals surface area contributed by atoms with Gasteiger partial charge < -0.3 is 9.47 Å². The van der Waals surface area contributed by atoms with E-state index in [9.17, 15) is 9.59 Å². The van der Waals surface area contributed by atoms with Crippen LogP contribution >= 0.6 is 47.2 Å². The van der Waals surface area contributed by atoms with Crippen LogP contribution in [0.3, 0.4) is 0 Å². The molecule has 0 spiro atoms. The first kappa shape index (κ1) is 24.1. The number of halogens is 2. The fourth-order valence-electron chi connectivity index (χ4n) is 3.95. The van der Waals surface area contributed by atoms with Crippen molar-refractivity contribution >= 4 is 69.5 Å². The van der Waals surface area contributed by atoms with Gasteiger partial charge in [-0.1, -0.05) is 72.5 Å². The van der Waals surface area contributed by atoms with Gasteiger partial charge in [0, 0.05) is 11.1 Å². The number of carbonyl (C=O) groups is 2. The third kappa shape index (κ3) is 5.38. The van der Waals surface area contributed by atoms with E-state index in [1.807, 2.05) is 0 Å². The van der Waals surface area contributed by atoms with Crippen LogP contribution in [0.25, 0.3) is 6.08 Å². The highest BCUT2D eigenvalue weighted by atomic mass is 35.5. The normalized spacial score (nSPS) is 18.2. The number of rotatable bonds is 5. The van der Waals surface area contributed by atoms with Crippen LogP contribution in [0.5, 0.6) is 11.5 Å². The number of hydrogen-bond donors (Lipinski definition) is 0. The van der Waals surface area contributed by atoms with E-state index in [2.05, 4.69) is 0 Å². The van der Waals surface area contributed by atoms with Crippen LogP contribution in [0.1, 0.15) is 48.0 Å². The molecule has 1 amide bonds. The van der Waals surface area contributed by atoms with Crippen LogP contribution in [-0.4, -0.2) is 34.2 Å². The molecular weight excluding hydrogens is 501 g/mol. The quantitative estimate of drug-likeness (QED) is 0.187. The van der Waals surface area contributed by atoms with Gasteiger partial charge in [-0.15, -0.1) is 0 Å². The number of amides is 1. The van der Waals surface area contributed by atoms with E-state index in [1.165, 1.54) is 37.4 Å². The summed E-state index contributed by atoms with van der Waals surface area (Å²) in [6, 6.07) is 9.81. The van der Waals surface area contributed by atoms with Crippen LogP contribution in [0.4, 0.5) is 0 Å².